The Labute approximate surface area is 193 Å². The lowest BCUT2D eigenvalue weighted by Crippen LogP contribution is -2.31. The zero-order valence-corrected chi connectivity index (χ0v) is 19.0. The second-order valence-electron chi connectivity index (χ2n) is 7.31. The molecule has 3 aromatic rings. The van der Waals surface area contributed by atoms with E-state index in [2.05, 4.69) is 15.3 Å². The van der Waals surface area contributed by atoms with Crippen molar-refractivity contribution in [2.45, 2.75) is 23.2 Å². The molecule has 0 aliphatic carbocycles. The van der Waals surface area contributed by atoms with E-state index < -0.39 is 5.92 Å². The van der Waals surface area contributed by atoms with Gasteiger partial charge in [0.1, 0.15) is 17.4 Å². The number of aromatic nitrogens is 2. The van der Waals surface area contributed by atoms with Crippen molar-refractivity contribution in [2.24, 2.45) is 0 Å². The van der Waals surface area contributed by atoms with Crippen LogP contribution in [-0.2, 0) is 10.5 Å². The number of methoxy groups -OCH3 is 3. The molecule has 8 nitrogen and oxygen atoms in total. The van der Waals surface area contributed by atoms with E-state index >= 15 is 0 Å². The molecular formula is C23H22FN3O5S. The molecule has 0 bridgehead atoms. The first-order valence-corrected chi connectivity index (χ1v) is 11.0. The monoisotopic (exact) mass is 471 g/mol. The summed E-state index contributed by atoms with van der Waals surface area (Å²) in [4.78, 5) is 32.9. The molecule has 1 aliphatic rings. The Hall–Kier alpha value is -3.53. The van der Waals surface area contributed by atoms with Crippen molar-refractivity contribution in [1.82, 2.24) is 9.97 Å². The van der Waals surface area contributed by atoms with Gasteiger partial charge in [0.05, 0.1) is 26.9 Å². The summed E-state index contributed by atoms with van der Waals surface area (Å²) in [5.74, 6) is 0.771. The number of H-pyrrole nitrogens is 1. The Morgan fingerprint density at radius 1 is 1.06 bits per heavy atom. The molecule has 0 unspecified atom stereocenters. The molecule has 0 saturated heterocycles. The number of hydrogen-bond acceptors (Lipinski definition) is 7. The van der Waals surface area contributed by atoms with Crippen LogP contribution in [0.25, 0.3) is 0 Å². The number of benzene rings is 2. The van der Waals surface area contributed by atoms with E-state index in [4.69, 9.17) is 14.2 Å². The number of carbonyl (C=O) groups is 1. The fourth-order valence-electron chi connectivity index (χ4n) is 3.79. The average molecular weight is 472 g/mol. The molecule has 0 spiro atoms. The molecule has 0 saturated carbocycles. The van der Waals surface area contributed by atoms with Crippen molar-refractivity contribution in [3.05, 3.63) is 69.3 Å². The molecule has 10 heteroatoms. The minimum atomic E-state index is -0.595. The molecule has 1 aromatic heterocycles. The zero-order chi connectivity index (χ0) is 23.5. The number of hydrogen-bond donors (Lipinski definition) is 2. The molecule has 172 valence electrons. The summed E-state index contributed by atoms with van der Waals surface area (Å²) in [5, 5.41) is 3.02. The smallest absolute Gasteiger partial charge is 0.257 e. The van der Waals surface area contributed by atoms with E-state index in [1.54, 1.807) is 24.3 Å². The summed E-state index contributed by atoms with van der Waals surface area (Å²) < 4.78 is 29.7. The van der Waals surface area contributed by atoms with Crippen LogP contribution in [0.4, 0.5) is 10.2 Å². The van der Waals surface area contributed by atoms with Crippen molar-refractivity contribution in [1.29, 1.82) is 0 Å². The van der Waals surface area contributed by atoms with Gasteiger partial charge in [0, 0.05) is 29.7 Å². The van der Waals surface area contributed by atoms with Gasteiger partial charge in [0.2, 0.25) is 5.91 Å². The maximum atomic E-state index is 13.4. The first-order valence-electron chi connectivity index (χ1n) is 10.0. The Morgan fingerprint density at radius 2 is 1.79 bits per heavy atom. The standard InChI is InChI=1S/C23H22FN3O5S/c1-30-16-10-18(32-3)17(31-2)8-14(16)15-9-19(28)25-21-20(15)22(29)27-23(26-21)33-11-12-5-4-6-13(24)7-12/h4-8,10,15H,9,11H2,1-3H3,(H2,25,26,27,28,29)/t15-/m1/s1. The maximum absolute atomic E-state index is 13.4. The van der Waals surface area contributed by atoms with Crippen molar-refractivity contribution in [3.8, 4) is 17.2 Å². The van der Waals surface area contributed by atoms with Crippen LogP contribution in [0, 0.1) is 5.82 Å². The van der Waals surface area contributed by atoms with Crippen LogP contribution in [0.1, 0.15) is 29.0 Å². The third-order valence-corrected chi connectivity index (χ3v) is 6.25. The predicted molar refractivity (Wildman–Crippen MR) is 122 cm³/mol. The van der Waals surface area contributed by atoms with Crippen LogP contribution in [0.3, 0.4) is 0 Å². The quantitative estimate of drug-likeness (QED) is 0.400. The van der Waals surface area contributed by atoms with E-state index in [0.29, 0.717) is 39.3 Å². The summed E-state index contributed by atoms with van der Waals surface area (Å²) in [5.41, 5.74) is 1.31. The molecule has 4 rings (SSSR count). The Balaban J connectivity index is 1.72. The summed E-state index contributed by atoms with van der Waals surface area (Å²) >= 11 is 1.24. The van der Waals surface area contributed by atoms with Gasteiger partial charge < -0.3 is 24.5 Å². The molecule has 33 heavy (non-hydrogen) atoms. The van der Waals surface area contributed by atoms with Gasteiger partial charge in [-0.25, -0.2) is 9.37 Å². The van der Waals surface area contributed by atoms with Crippen molar-refractivity contribution in [3.63, 3.8) is 0 Å². The van der Waals surface area contributed by atoms with Gasteiger partial charge in [-0.3, -0.25) is 9.59 Å². The molecule has 1 aliphatic heterocycles. The molecule has 0 fully saturated rings. The average Bonchev–Trinajstić information content (AvgIpc) is 2.81. The minimum absolute atomic E-state index is 0.0411. The molecule has 1 amide bonds. The van der Waals surface area contributed by atoms with Crippen LogP contribution in [0.2, 0.25) is 0 Å². The van der Waals surface area contributed by atoms with Gasteiger partial charge >= 0.3 is 0 Å². The molecule has 2 aromatic carbocycles. The second-order valence-corrected chi connectivity index (χ2v) is 8.27. The number of aromatic amines is 1. The van der Waals surface area contributed by atoms with Crippen LogP contribution >= 0.6 is 11.8 Å². The number of thioether (sulfide) groups is 1. The number of fused-ring (bicyclic) bond motifs is 1. The number of carbonyl (C=O) groups excluding carboxylic acids is 1. The first kappa shape index (κ1) is 22.7. The second kappa shape index (κ2) is 9.53. The highest BCUT2D eigenvalue weighted by Crippen LogP contribution is 2.43. The van der Waals surface area contributed by atoms with E-state index in [-0.39, 0.29) is 29.5 Å². The van der Waals surface area contributed by atoms with Gasteiger partial charge in [-0.1, -0.05) is 23.9 Å². The number of rotatable bonds is 7. The minimum Gasteiger partial charge on any atom is -0.496 e. The van der Waals surface area contributed by atoms with Gasteiger partial charge in [0.25, 0.3) is 5.56 Å². The highest BCUT2D eigenvalue weighted by molar-refractivity contribution is 7.98. The number of amides is 1. The number of halogens is 1. The van der Waals surface area contributed by atoms with Crippen molar-refractivity contribution < 1.29 is 23.4 Å². The molecule has 2 N–H and O–H groups in total. The normalized spacial score (nSPS) is 14.9. The molecule has 2 heterocycles. The van der Waals surface area contributed by atoms with E-state index in [1.165, 1.54) is 45.2 Å². The van der Waals surface area contributed by atoms with Crippen molar-refractivity contribution in [2.75, 3.05) is 26.6 Å². The van der Waals surface area contributed by atoms with Gasteiger partial charge in [-0.05, 0) is 23.8 Å². The van der Waals surface area contributed by atoms with Crippen LogP contribution in [-0.4, -0.2) is 37.2 Å². The molecule has 1 atom stereocenters. The Morgan fingerprint density at radius 3 is 2.48 bits per heavy atom. The third kappa shape index (κ3) is 4.65. The zero-order valence-electron chi connectivity index (χ0n) is 18.2. The number of nitrogens with one attached hydrogen (secondary N) is 2. The lowest BCUT2D eigenvalue weighted by atomic mass is 9.86. The highest BCUT2D eigenvalue weighted by atomic mass is 32.2. The van der Waals surface area contributed by atoms with Crippen LogP contribution < -0.4 is 25.1 Å². The van der Waals surface area contributed by atoms with Crippen LogP contribution in [0.15, 0.2) is 46.3 Å². The fourth-order valence-corrected chi connectivity index (χ4v) is 4.59. The lowest BCUT2D eigenvalue weighted by molar-refractivity contribution is -0.116. The van der Waals surface area contributed by atoms with Gasteiger partial charge in [-0.2, -0.15) is 0 Å². The largest absolute Gasteiger partial charge is 0.496 e. The predicted octanol–water partition coefficient (Wildman–Crippen LogP) is 3.70. The maximum Gasteiger partial charge on any atom is 0.257 e. The SMILES string of the molecule is COc1cc(OC)c([C@H]2CC(=O)Nc3nc(SCc4cccc(F)c4)[nH]c(=O)c32)cc1OC. The first-order chi connectivity index (χ1) is 15.9. The number of ether oxygens (including phenoxy) is 3. The third-order valence-electron chi connectivity index (χ3n) is 5.31. The number of nitrogens with zero attached hydrogens (tertiary/aromatic N) is 1. The lowest BCUT2D eigenvalue weighted by Gasteiger charge is -2.26. The summed E-state index contributed by atoms with van der Waals surface area (Å²) in [6.07, 6.45) is 0.0411. The van der Waals surface area contributed by atoms with E-state index in [1.807, 2.05) is 0 Å². The van der Waals surface area contributed by atoms with Gasteiger partial charge in [0.15, 0.2) is 16.7 Å². The van der Waals surface area contributed by atoms with Crippen molar-refractivity contribution >= 4 is 23.5 Å². The summed E-state index contributed by atoms with van der Waals surface area (Å²) in [6, 6.07) is 9.56. The highest BCUT2D eigenvalue weighted by Gasteiger charge is 2.33. The summed E-state index contributed by atoms with van der Waals surface area (Å²) in [6.45, 7) is 0. The van der Waals surface area contributed by atoms with Crippen LogP contribution in [0.5, 0.6) is 17.2 Å². The van der Waals surface area contributed by atoms with E-state index in [9.17, 15) is 14.0 Å². The Bertz CT molecular complexity index is 1260. The van der Waals surface area contributed by atoms with E-state index in [0.717, 1.165) is 5.56 Å². The number of anilines is 1. The molecule has 0 radical (unpaired) electrons. The molecular weight excluding hydrogens is 449 g/mol. The van der Waals surface area contributed by atoms with Gasteiger partial charge in [-0.15, -0.1) is 0 Å². The summed E-state index contributed by atoms with van der Waals surface area (Å²) in [7, 11) is 4.52. The Kier molecular flexibility index (Phi) is 6.55. The fraction of sp³-hybridized carbons (Fsp3) is 0.261. The topological polar surface area (TPSA) is 103 Å².